The molecule has 53 heavy (non-hydrogen) atoms. The molecule has 0 bridgehead atoms. The zero-order valence-electron chi connectivity index (χ0n) is 31.0. The van der Waals surface area contributed by atoms with Gasteiger partial charge in [0.15, 0.2) is 0 Å². The second-order valence-electron chi connectivity index (χ2n) is 17.1. The summed E-state index contributed by atoms with van der Waals surface area (Å²) in [7, 11) is 0. The predicted molar refractivity (Wildman–Crippen MR) is 223 cm³/mol. The first-order valence-corrected chi connectivity index (χ1v) is 20.9. The highest BCUT2D eigenvalue weighted by Crippen LogP contribution is 2.52. The lowest BCUT2D eigenvalue weighted by Crippen LogP contribution is -2.26. The van der Waals surface area contributed by atoms with Gasteiger partial charge in [0.05, 0.1) is 5.52 Å². The molecule has 11 rings (SSSR count). The lowest BCUT2D eigenvalue weighted by molar-refractivity contribution is 0.350. The summed E-state index contributed by atoms with van der Waals surface area (Å²) in [5.41, 5.74) is 19.0. The van der Waals surface area contributed by atoms with Crippen LogP contribution in [0.5, 0.6) is 0 Å². The molecule has 6 atom stereocenters. The molecule has 1 aromatic heterocycles. The molecule has 0 saturated heterocycles. The van der Waals surface area contributed by atoms with E-state index >= 15 is 0 Å². The second-order valence-corrected chi connectivity index (χ2v) is 17.1. The van der Waals surface area contributed by atoms with Gasteiger partial charge in [-0.3, -0.25) is 0 Å². The van der Waals surface area contributed by atoms with Gasteiger partial charge < -0.3 is 4.57 Å². The number of para-hydroxylation sites is 1. The van der Waals surface area contributed by atoms with Crippen LogP contribution in [0.1, 0.15) is 85.2 Å². The Morgan fingerprint density at radius 1 is 0.623 bits per heavy atom. The van der Waals surface area contributed by atoms with Gasteiger partial charge in [0.2, 0.25) is 0 Å². The number of hydrogen-bond donors (Lipinski definition) is 0. The molecular weight excluding hydrogens is 639 g/mol. The lowest BCUT2D eigenvalue weighted by Gasteiger charge is -2.38. The molecule has 0 amide bonds. The Balaban J connectivity index is 1.04. The third kappa shape index (κ3) is 5.32. The van der Waals surface area contributed by atoms with Crippen molar-refractivity contribution in [3.63, 3.8) is 0 Å². The van der Waals surface area contributed by atoms with Crippen LogP contribution in [0.3, 0.4) is 0 Å². The monoisotopic (exact) mass is 689 g/mol. The quantitative estimate of drug-likeness (QED) is 0.257. The summed E-state index contributed by atoms with van der Waals surface area (Å²) >= 11 is 0. The van der Waals surface area contributed by atoms with Crippen LogP contribution in [0.2, 0.25) is 0 Å². The molecule has 0 aliphatic heterocycles. The molecule has 1 heterocycles. The van der Waals surface area contributed by atoms with Crippen molar-refractivity contribution in [1.29, 1.82) is 0 Å². The molecule has 8 aliphatic carbocycles. The van der Waals surface area contributed by atoms with Crippen LogP contribution < -0.4 is 0 Å². The number of nitrogens with zero attached hydrogens (tertiary/aromatic N) is 1. The highest BCUT2D eigenvalue weighted by atomic mass is 15.0. The van der Waals surface area contributed by atoms with E-state index in [0.29, 0.717) is 35.5 Å². The fourth-order valence-electron chi connectivity index (χ4n) is 11.8. The molecule has 1 heteroatoms. The molecule has 0 spiro atoms. The van der Waals surface area contributed by atoms with Gasteiger partial charge in [0.25, 0.3) is 0 Å². The number of hydrogen-bond acceptors (Lipinski definition) is 0. The minimum atomic E-state index is 0.406. The van der Waals surface area contributed by atoms with Gasteiger partial charge in [0.1, 0.15) is 0 Å². The average Bonchev–Trinajstić information content (AvgIpc) is 3.57. The van der Waals surface area contributed by atoms with Gasteiger partial charge in [-0.1, -0.05) is 121 Å². The molecule has 1 nitrogen and oxygen atoms in total. The molecule has 0 fully saturated rings. The molecule has 2 aromatic carbocycles. The van der Waals surface area contributed by atoms with Crippen LogP contribution in [0, 0.1) is 29.6 Å². The van der Waals surface area contributed by atoms with E-state index in [0.717, 1.165) is 19.3 Å². The maximum Gasteiger partial charge on any atom is 0.0534 e. The Morgan fingerprint density at radius 2 is 1.53 bits per heavy atom. The normalized spacial score (nSPS) is 29.4. The molecule has 6 unspecified atom stereocenters. The van der Waals surface area contributed by atoms with Crippen LogP contribution in [0.4, 0.5) is 0 Å². The Labute approximate surface area is 316 Å². The fourth-order valence-corrected chi connectivity index (χ4v) is 11.8. The van der Waals surface area contributed by atoms with Crippen LogP contribution >= 0.6 is 0 Å². The number of allylic oxidation sites excluding steroid dienone is 20. The predicted octanol–water partition coefficient (Wildman–Crippen LogP) is 12.8. The maximum absolute atomic E-state index is 2.77. The molecule has 0 radical (unpaired) electrons. The van der Waals surface area contributed by atoms with E-state index in [2.05, 4.69) is 132 Å². The molecule has 264 valence electrons. The van der Waals surface area contributed by atoms with Crippen molar-refractivity contribution in [2.75, 3.05) is 0 Å². The van der Waals surface area contributed by atoms with E-state index in [-0.39, 0.29) is 0 Å². The van der Waals surface area contributed by atoms with Crippen molar-refractivity contribution >= 4 is 16.6 Å². The highest BCUT2D eigenvalue weighted by Gasteiger charge is 2.37. The smallest absolute Gasteiger partial charge is 0.0534 e. The standard InChI is InChI=1S/C52H51N/c1-3-12-34(13-4-1)37-22-23-39-31-42(27-24-38(39)30-37)53-49-21-10-9-19-46(49)52-50(53)29-26-41-33-47(44-20-11-17-36-16-7-8-18-43(36)44)45-28-25-40(32-48(45)51(41)52)35-14-5-2-6-15-35/h1-3,5-12,14,16-21,30-31,33,35,38-40,43-44H,4,13,15,22-29,32H2. The van der Waals surface area contributed by atoms with Gasteiger partial charge in [-0.05, 0) is 151 Å². The minimum absolute atomic E-state index is 0.406. The van der Waals surface area contributed by atoms with Crippen molar-refractivity contribution in [2.45, 2.75) is 83.0 Å². The van der Waals surface area contributed by atoms with Crippen LogP contribution in [-0.4, -0.2) is 4.57 Å². The third-order valence-electron chi connectivity index (χ3n) is 14.4. The first kappa shape index (κ1) is 31.9. The Kier molecular flexibility index (Phi) is 7.85. The number of aryl methyl sites for hydroxylation is 1. The van der Waals surface area contributed by atoms with Crippen molar-refractivity contribution in [3.05, 3.63) is 172 Å². The van der Waals surface area contributed by atoms with E-state index in [4.69, 9.17) is 0 Å². The van der Waals surface area contributed by atoms with Gasteiger partial charge in [-0.15, -0.1) is 0 Å². The van der Waals surface area contributed by atoms with Gasteiger partial charge >= 0.3 is 0 Å². The first-order valence-electron chi connectivity index (χ1n) is 20.9. The molecule has 8 aliphatic rings. The Bertz CT molecular complexity index is 2330. The van der Waals surface area contributed by atoms with Gasteiger partial charge in [-0.25, -0.2) is 0 Å². The Morgan fingerprint density at radius 3 is 2.45 bits per heavy atom. The summed E-state index contributed by atoms with van der Waals surface area (Å²) < 4.78 is 2.77. The van der Waals surface area contributed by atoms with Crippen molar-refractivity contribution in [3.8, 4) is 11.1 Å². The third-order valence-corrected chi connectivity index (χ3v) is 14.4. The molecular formula is C52H51N. The number of aromatic nitrogens is 1. The van der Waals surface area contributed by atoms with Crippen molar-refractivity contribution in [2.24, 2.45) is 29.6 Å². The molecule has 0 saturated carbocycles. The SMILES string of the molecule is C1=CCCC(C2=CC3CCC(n4c5c(c6ccccc64)-c4c(cc(C6C=CC=C7C=CC=CC76)c6c4CC(C4C=CC=CC4)CC6)CC5)=CC3CC2)=C1. The van der Waals surface area contributed by atoms with E-state index in [1.54, 1.807) is 55.9 Å². The van der Waals surface area contributed by atoms with Crippen molar-refractivity contribution in [1.82, 2.24) is 4.57 Å². The van der Waals surface area contributed by atoms with Crippen LogP contribution in [-0.2, 0) is 25.7 Å². The Hall–Kier alpha value is -4.62. The zero-order valence-corrected chi connectivity index (χ0v) is 31.0. The summed E-state index contributed by atoms with van der Waals surface area (Å²) in [4.78, 5) is 0. The largest absolute Gasteiger partial charge is 0.317 e. The van der Waals surface area contributed by atoms with Crippen LogP contribution in [0.15, 0.2) is 144 Å². The second kappa shape index (κ2) is 13.0. The molecule has 3 aromatic rings. The van der Waals surface area contributed by atoms with Gasteiger partial charge in [0, 0.05) is 34.2 Å². The van der Waals surface area contributed by atoms with E-state index in [1.165, 1.54) is 74.3 Å². The number of fused-ring (bicyclic) bond motifs is 9. The summed E-state index contributed by atoms with van der Waals surface area (Å²) in [6.45, 7) is 0. The summed E-state index contributed by atoms with van der Waals surface area (Å²) in [5, 5.41) is 1.47. The van der Waals surface area contributed by atoms with E-state index < -0.39 is 0 Å². The minimum Gasteiger partial charge on any atom is -0.317 e. The zero-order chi connectivity index (χ0) is 34.9. The number of benzene rings is 2. The number of rotatable bonds is 4. The van der Waals surface area contributed by atoms with Gasteiger partial charge in [-0.2, -0.15) is 0 Å². The highest BCUT2D eigenvalue weighted by molar-refractivity contribution is 6.02. The summed E-state index contributed by atoms with van der Waals surface area (Å²) in [5.74, 6) is 3.50. The van der Waals surface area contributed by atoms with E-state index in [9.17, 15) is 0 Å². The summed E-state index contributed by atoms with van der Waals surface area (Å²) in [6, 6.07) is 12.1. The van der Waals surface area contributed by atoms with Crippen LogP contribution in [0.25, 0.3) is 27.7 Å². The first-order chi connectivity index (χ1) is 26.3. The average molecular weight is 690 g/mol. The maximum atomic E-state index is 2.77. The fraction of sp³-hybridized carbons (Fsp3) is 0.346. The lowest BCUT2D eigenvalue weighted by atomic mass is 9.67. The summed E-state index contributed by atoms with van der Waals surface area (Å²) in [6.07, 6.45) is 52.8. The topological polar surface area (TPSA) is 4.93 Å². The van der Waals surface area contributed by atoms with E-state index in [1.807, 2.05) is 0 Å². The molecule has 0 N–H and O–H groups in total. The van der Waals surface area contributed by atoms with Crippen molar-refractivity contribution < 1.29 is 0 Å².